The quantitative estimate of drug-likeness (QED) is 0.0179. The number of carboxylic acid groups (broad SMARTS) is 1. The molecular formula is C58H62N8O20P3+. The highest BCUT2D eigenvalue weighted by molar-refractivity contribution is 7.66. The third kappa shape index (κ3) is 12.4. The molecule has 1 saturated heterocycles. The summed E-state index contributed by atoms with van der Waals surface area (Å²) in [6.07, 6.45) is 3.42. The van der Waals surface area contributed by atoms with E-state index in [1.165, 1.54) is 57.2 Å². The van der Waals surface area contributed by atoms with Crippen LogP contribution in [-0.2, 0) is 68.6 Å². The summed E-state index contributed by atoms with van der Waals surface area (Å²) in [6.45, 7) is 5.87. The topological polar surface area (TPSA) is 400 Å². The van der Waals surface area contributed by atoms with Gasteiger partial charge in [0.05, 0.1) is 59.0 Å². The number of hydrogen-bond acceptors (Lipinski definition) is 18. The van der Waals surface area contributed by atoms with Crippen molar-refractivity contribution in [3.8, 4) is 23.3 Å². The summed E-state index contributed by atoms with van der Waals surface area (Å²) in [6, 6.07) is 13.3. The number of nitrogens with one attached hydrogen (secondary N) is 2. The molecule has 28 nitrogen and oxygen atoms in total. The molecule has 6 atom stereocenters. The van der Waals surface area contributed by atoms with Gasteiger partial charge in [-0.1, -0.05) is 25.7 Å². The number of aliphatic hydroxyl groups is 1. The number of phosphoric acid groups is 3. The Labute approximate surface area is 506 Å². The van der Waals surface area contributed by atoms with E-state index in [1.807, 2.05) is 0 Å². The zero-order valence-corrected chi connectivity index (χ0v) is 50.6. The molecule has 0 aliphatic carbocycles. The third-order valence-electron chi connectivity index (χ3n) is 16.7. The van der Waals surface area contributed by atoms with E-state index in [9.17, 15) is 58.2 Å². The Hall–Kier alpha value is -7.44. The van der Waals surface area contributed by atoms with Gasteiger partial charge in [-0.2, -0.15) is 13.6 Å². The van der Waals surface area contributed by atoms with Gasteiger partial charge in [0.2, 0.25) is 11.3 Å². The average molecular weight is 1280 g/mol. The number of carboxylic acids is 1. The van der Waals surface area contributed by atoms with Crippen LogP contribution in [0.2, 0.25) is 0 Å². The number of hydrogen-bond donors (Lipinski definition) is 9. The molecule has 2 aromatic heterocycles. The van der Waals surface area contributed by atoms with Gasteiger partial charge in [-0.05, 0) is 98.0 Å². The molecule has 10 N–H and O–H groups in total. The van der Waals surface area contributed by atoms with Crippen LogP contribution in [0.15, 0.2) is 59.5 Å². The van der Waals surface area contributed by atoms with E-state index in [4.69, 9.17) is 29.7 Å². The predicted octanol–water partition coefficient (Wildman–Crippen LogP) is 5.04. The number of nitro benzene ring substituents is 1. The van der Waals surface area contributed by atoms with Crippen molar-refractivity contribution in [2.24, 2.45) is 5.92 Å². The summed E-state index contributed by atoms with van der Waals surface area (Å²) in [4.78, 5) is 99.4. The lowest BCUT2D eigenvalue weighted by Crippen LogP contribution is -2.45. The number of aromatic nitrogens is 3. The average Bonchev–Trinajstić information content (AvgIpc) is 1.32. The van der Waals surface area contributed by atoms with E-state index in [0.29, 0.717) is 11.1 Å². The number of aliphatic hydroxyl groups excluding tert-OH is 1. The molecule has 1 fully saturated rings. The molecule has 8 heterocycles. The molecule has 12 rings (SSSR count). The Morgan fingerprint density at radius 2 is 1.69 bits per heavy atom. The first-order valence-electron chi connectivity index (χ1n) is 28.8. The fourth-order valence-electron chi connectivity index (χ4n) is 13.2. The van der Waals surface area contributed by atoms with Crippen LogP contribution in [0.4, 0.5) is 17.3 Å². The number of anilines is 2. The van der Waals surface area contributed by atoms with Crippen molar-refractivity contribution in [1.82, 2.24) is 24.4 Å². The molecule has 0 bridgehead atoms. The summed E-state index contributed by atoms with van der Waals surface area (Å²) in [5.41, 5.74) is 13.5. The van der Waals surface area contributed by atoms with Gasteiger partial charge >= 0.3 is 29.4 Å². The SMILES string of the molecule is CC(C)[C@H](OCc1cn([C@H]2C[C@H](O)[C@@H](COP(=O)(O)OP(=O)(O)OP(=O)(O)O)O2)c2nc(N)[nH]c(=O)c12)c1ccc(C#CCNC(=O)c2ccc(C(=O)O)c(C3=c4cc5c6c(c4Oc4c3cc3c7c4CCCN7CCC3)CCC[N+]=6CCC5)c2)cc1[N+](=O)[O-]. The van der Waals surface area contributed by atoms with Crippen molar-refractivity contribution < 1.29 is 85.3 Å². The van der Waals surface area contributed by atoms with Gasteiger partial charge in [-0.15, -0.1) is 0 Å². The fraction of sp³-hybridized carbons (Fsp3) is 0.397. The van der Waals surface area contributed by atoms with E-state index >= 15 is 0 Å². The lowest BCUT2D eigenvalue weighted by molar-refractivity contribution is -0.386. The Balaban J connectivity index is 0.779. The van der Waals surface area contributed by atoms with Crippen LogP contribution in [0.25, 0.3) is 16.6 Å². The number of nitrogen functional groups attached to an aromatic ring is 1. The van der Waals surface area contributed by atoms with E-state index in [1.54, 1.807) is 26.0 Å². The van der Waals surface area contributed by atoms with Crippen LogP contribution in [-0.4, -0.2) is 113 Å². The molecule has 0 saturated carbocycles. The number of aromatic carboxylic acids is 1. The minimum absolute atomic E-state index is 0.0336. The molecule has 1 amide bonds. The number of amides is 1. The van der Waals surface area contributed by atoms with Crippen LogP contribution in [0.1, 0.15) is 129 Å². The summed E-state index contributed by atoms with van der Waals surface area (Å²) in [5.74, 6) is 4.90. The molecule has 6 aromatic rings. The number of aryl methyl sites for hydroxylation is 2. The first-order valence-corrected chi connectivity index (χ1v) is 33.3. The second-order valence-corrected chi connectivity index (χ2v) is 27.4. The maximum Gasteiger partial charge on any atom is 0.490 e. The molecule has 31 heteroatoms. The number of benzene rings is 4. The standard InChI is InChI=1S/C58H61N8O20P3/c1-30(2)51(81-28-35-27-65(54-47(35)56(69)62-58(59)61-54)46-26-44(67)45(83-46)29-82-88(77,78)86-89(79,80)85-87(74,75)76)37-15-13-31(22-43(37)66(72)73)8-3-17-60-55(68)34-14-16-36(57(70)71)40(25-34)48-41-23-32-9-4-18-63-20-6-11-38(49(32)63)52(41)84-53-39-12-7-21-64-19-5-10-33(50(39)64)24-42(48)53/h13-16,22-25,27,30,44-46,51,67H,4-7,9-12,17-21,26,28-29H2,1-2H3,(H8-,59,60,61,62,68,69,70,71,74,75,76,77,78,79,80)/p+1/t44-,45+,46+,51-/m0/s1. The zero-order valence-electron chi connectivity index (χ0n) is 48.0. The second-order valence-electron chi connectivity index (χ2n) is 22.9. The summed E-state index contributed by atoms with van der Waals surface area (Å²) in [5, 5.41) is 39.3. The number of carbonyl (C=O) groups is 2. The van der Waals surface area contributed by atoms with Gasteiger partial charge in [-0.25, -0.2) is 23.1 Å². The van der Waals surface area contributed by atoms with Crippen molar-refractivity contribution in [3.05, 3.63) is 147 Å². The predicted molar refractivity (Wildman–Crippen MR) is 317 cm³/mol. The molecule has 0 spiro atoms. The lowest BCUT2D eigenvalue weighted by atomic mass is 9.81. The molecule has 89 heavy (non-hydrogen) atoms. The maximum absolute atomic E-state index is 14.2. The number of fused-ring (bicyclic) bond motifs is 5. The normalized spacial score (nSPS) is 20.0. The Bertz CT molecular complexity index is 4390. The van der Waals surface area contributed by atoms with Crippen LogP contribution < -0.4 is 41.4 Å². The van der Waals surface area contributed by atoms with Crippen molar-refractivity contribution in [1.29, 1.82) is 0 Å². The first kappa shape index (κ1) is 61.8. The summed E-state index contributed by atoms with van der Waals surface area (Å²) >= 11 is 0. The number of carbonyl (C=O) groups excluding carboxylic acids is 1. The fourth-order valence-corrected chi connectivity index (χ4v) is 16.2. The van der Waals surface area contributed by atoms with Crippen LogP contribution in [0.3, 0.4) is 0 Å². The second kappa shape index (κ2) is 24.1. The number of rotatable bonds is 18. The van der Waals surface area contributed by atoms with Crippen molar-refractivity contribution in [2.75, 3.05) is 50.0 Å². The van der Waals surface area contributed by atoms with E-state index in [2.05, 4.69) is 61.9 Å². The summed E-state index contributed by atoms with van der Waals surface area (Å²) < 4.78 is 70.6. The number of phosphoric ester groups is 1. The number of nitro groups is 1. The Morgan fingerprint density at radius 3 is 2.43 bits per heavy atom. The molecule has 4 aromatic carbocycles. The number of nitrogens with zero attached hydrogens (tertiary/aromatic N) is 5. The smallest absolute Gasteiger partial charge is 0.478 e. The number of H-pyrrole nitrogens is 1. The minimum atomic E-state index is -5.84. The molecule has 468 valence electrons. The van der Waals surface area contributed by atoms with Crippen molar-refractivity contribution in [3.63, 3.8) is 0 Å². The van der Waals surface area contributed by atoms with Crippen LogP contribution >= 0.6 is 23.5 Å². The highest BCUT2D eigenvalue weighted by Crippen LogP contribution is 2.66. The van der Waals surface area contributed by atoms with Crippen molar-refractivity contribution >= 4 is 69.3 Å². The van der Waals surface area contributed by atoms with Gasteiger partial charge in [0, 0.05) is 94.5 Å². The van der Waals surface area contributed by atoms with E-state index in [0.717, 1.165) is 111 Å². The minimum Gasteiger partial charge on any atom is -0.478 e. The highest BCUT2D eigenvalue weighted by atomic mass is 31.3. The molecule has 2 unspecified atom stereocenters. The van der Waals surface area contributed by atoms with Gasteiger partial charge in [0.25, 0.3) is 17.2 Å². The Morgan fingerprint density at radius 1 is 0.944 bits per heavy atom. The van der Waals surface area contributed by atoms with Crippen molar-refractivity contribution in [2.45, 2.75) is 103 Å². The first-order chi connectivity index (χ1) is 42.3. The highest BCUT2D eigenvalue weighted by Gasteiger charge is 2.44. The van der Waals surface area contributed by atoms with Crippen LogP contribution in [0, 0.1) is 27.9 Å². The number of aromatic amines is 1. The lowest BCUT2D eigenvalue weighted by Gasteiger charge is -2.39. The van der Waals surface area contributed by atoms with Crippen LogP contribution in [0.5, 0.6) is 11.5 Å². The molecular weight excluding hydrogens is 1220 g/mol. The van der Waals surface area contributed by atoms with Gasteiger partial charge in [0.1, 0.15) is 36.9 Å². The van der Waals surface area contributed by atoms with E-state index < -0.39 is 82.9 Å². The molecule has 6 aliphatic rings. The molecule has 6 aliphatic heterocycles. The number of ether oxygens (including phenoxy) is 3. The summed E-state index contributed by atoms with van der Waals surface area (Å²) in [7, 11) is -17.1. The monoisotopic (exact) mass is 1280 g/mol. The van der Waals surface area contributed by atoms with Gasteiger partial charge in [-0.3, -0.25) is 29.2 Å². The maximum atomic E-state index is 14.2. The van der Waals surface area contributed by atoms with Gasteiger partial charge < -0.3 is 64.5 Å². The largest absolute Gasteiger partial charge is 0.490 e. The Kier molecular flexibility index (Phi) is 16.7. The van der Waals surface area contributed by atoms with E-state index in [-0.39, 0.29) is 70.1 Å². The third-order valence-corrected chi connectivity index (χ3v) is 20.5. The van der Waals surface area contributed by atoms with Gasteiger partial charge in [0.15, 0.2) is 5.65 Å². The zero-order chi connectivity index (χ0) is 63.0. The molecule has 0 radical (unpaired) electrons. The number of nitrogens with two attached hydrogens (primary N) is 1.